The van der Waals surface area contributed by atoms with Crippen LogP contribution in [0.2, 0.25) is 0 Å². The van der Waals surface area contributed by atoms with Gasteiger partial charge in [-0.25, -0.2) is 0 Å². The van der Waals surface area contributed by atoms with E-state index in [2.05, 4.69) is 6.58 Å². The van der Waals surface area contributed by atoms with Crippen molar-refractivity contribution >= 4 is 11.4 Å². The van der Waals surface area contributed by atoms with E-state index in [1.165, 1.54) is 0 Å². The van der Waals surface area contributed by atoms with Crippen LogP contribution in [0.5, 0.6) is 0 Å². The molecule has 0 aliphatic carbocycles. The summed E-state index contributed by atoms with van der Waals surface area (Å²) in [6.45, 7) is 3.57. The zero-order valence-corrected chi connectivity index (χ0v) is 8.44. The van der Waals surface area contributed by atoms with Crippen molar-refractivity contribution in [2.75, 3.05) is 0 Å². The van der Waals surface area contributed by atoms with Crippen LogP contribution >= 0.6 is 0 Å². The highest BCUT2D eigenvalue weighted by molar-refractivity contribution is 7.74. The maximum atomic E-state index is 10.5. The fraction of sp³-hybridized carbons (Fsp3) is 0.200. The molecule has 0 aromatic heterocycles. The molecule has 0 aliphatic heterocycles. The lowest BCUT2D eigenvalue weighted by atomic mass is 10.1. The van der Waals surface area contributed by atoms with Crippen molar-refractivity contribution in [2.24, 2.45) is 0 Å². The molecule has 0 radical (unpaired) electrons. The summed E-state index contributed by atoms with van der Waals surface area (Å²) in [5.74, 6) is 0. The molecular formula is C10H12O3S. The Balaban J connectivity index is 2.77. The molecule has 3 nitrogen and oxygen atoms in total. The predicted octanol–water partition coefficient (Wildman–Crippen LogP) is 2.46. The third-order valence-electron chi connectivity index (χ3n) is 1.75. The minimum absolute atomic E-state index is 0.403. The van der Waals surface area contributed by atoms with E-state index in [-0.39, 0.29) is 0 Å². The van der Waals surface area contributed by atoms with Gasteiger partial charge in [0.2, 0.25) is 0 Å². The Bertz CT molecular complexity index is 310. The highest BCUT2D eigenvalue weighted by Crippen LogP contribution is 2.21. The summed E-state index contributed by atoms with van der Waals surface area (Å²) in [4.78, 5) is 0. The molecule has 14 heavy (non-hydrogen) atoms. The van der Waals surface area contributed by atoms with Crippen LogP contribution < -0.4 is 0 Å². The highest BCUT2D eigenvalue weighted by Gasteiger charge is 2.12. The van der Waals surface area contributed by atoms with Gasteiger partial charge in [0.1, 0.15) is 6.10 Å². The molecule has 0 spiro atoms. The monoisotopic (exact) mass is 212 g/mol. The lowest BCUT2D eigenvalue weighted by Gasteiger charge is -2.12. The van der Waals surface area contributed by atoms with Crippen LogP contribution in [0.4, 0.5) is 0 Å². The topological polar surface area (TPSA) is 46.5 Å². The second-order valence-electron chi connectivity index (χ2n) is 2.74. The van der Waals surface area contributed by atoms with Crippen LogP contribution in [0.1, 0.15) is 18.1 Å². The van der Waals surface area contributed by atoms with Gasteiger partial charge in [0.05, 0.1) is 0 Å². The first-order valence-electron chi connectivity index (χ1n) is 4.18. The maximum Gasteiger partial charge on any atom is 0.302 e. The van der Waals surface area contributed by atoms with E-state index < -0.39 is 17.5 Å². The summed E-state index contributed by atoms with van der Waals surface area (Å²) in [7, 11) is 0. The first-order chi connectivity index (χ1) is 6.74. The second-order valence-corrected chi connectivity index (χ2v) is 3.36. The van der Waals surface area contributed by atoms with Gasteiger partial charge in [0.25, 0.3) is 0 Å². The molecule has 0 bridgehead atoms. The van der Waals surface area contributed by atoms with Gasteiger partial charge in [0.15, 0.2) is 0 Å². The molecule has 4 heteroatoms. The summed E-state index contributed by atoms with van der Waals surface area (Å²) in [6.07, 6.45) is 1.76. The molecule has 1 rings (SSSR count). The smallest absolute Gasteiger partial charge is 0.284 e. The Morgan fingerprint density at radius 3 is 2.64 bits per heavy atom. The molecule has 1 N–H and O–H groups in total. The lowest BCUT2D eigenvalue weighted by Crippen LogP contribution is -2.05. The van der Waals surface area contributed by atoms with E-state index in [1.54, 1.807) is 6.08 Å². The van der Waals surface area contributed by atoms with Gasteiger partial charge in [0, 0.05) is 0 Å². The quantitative estimate of drug-likeness (QED) is 0.602. The van der Waals surface area contributed by atoms with E-state index in [0.29, 0.717) is 6.42 Å². The summed E-state index contributed by atoms with van der Waals surface area (Å²) in [5, 5.41) is 0. The minimum atomic E-state index is -2.25. The van der Waals surface area contributed by atoms with Gasteiger partial charge in [-0.15, -0.1) is 6.58 Å². The molecular weight excluding hydrogens is 200 g/mol. The fourth-order valence-corrected chi connectivity index (χ4v) is 1.54. The maximum absolute atomic E-state index is 10.5. The fourth-order valence-electron chi connectivity index (χ4n) is 1.15. The number of rotatable bonds is 5. The van der Waals surface area contributed by atoms with Crippen molar-refractivity contribution in [3.05, 3.63) is 48.6 Å². The van der Waals surface area contributed by atoms with Crippen molar-refractivity contribution < 1.29 is 12.9 Å². The number of benzene rings is 1. The Labute approximate surface area is 85.9 Å². The zero-order valence-electron chi connectivity index (χ0n) is 7.63. The molecule has 1 aromatic rings. The second kappa shape index (κ2) is 5.70. The van der Waals surface area contributed by atoms with E-state index in [9.17, 15) is 4.21 Å². The average Bonchev–Trinajstić information content (AvgIpc) is 2.18. The summed E-state index contributed by atoms with van der Waals surface area (Å²) in [6, 6.07) is 9.29. The minimum Gasteiger partial charge on any atom is -0.284 e. The molecule has 0 heterocycles. The third kappa shape index (κ3) is 3.41. The Morgan fingerprint density at radius 2 is 2.14 bits per heavy atom. The van der Waals surface area contributed by atoms with E-state index in [4.69, 9.17) is 8.74 Å². The van der Waals surface area contributed by atoms with E-state index >= 15 is 0 Å². The number of hydrogen-bond donors (Lipinski definition) is 1. The SMILES string of the molecule is C=CCC(OS(=O)O)c1ccccc1. The zero-order chi connectivity index (χ0) is 10.4. The van der Waals surface area contributed by atoms with Crippen LogP contribution in [0.25, 0.3) is 0 Å². The molecule has 0 amide bonds. The van der Waals surface area contributed by atoms with Crippen LogP contribution in [0, 0.1) is 0 Å². The first kappa shape index (κ1) is 11.1. The summed E-state index contributed by atoms with van der Waals surface area (Å²) in [5.41, 5.74) is 0.870. The van der Waals surface area contributed by atoms with Crippen molar-refractivity contribution in [3.63, 3.8) is 0 Å². The number of hydrogen-bond acceptors (Lipinski definition) is 2. The molecule has 0 aliphatic rings. The average molecular weight is 212 g/mol. The summed E-state index contributed by atoms with van der Waals surface area (Å²) < 4.78 is 24.0. The van der Waals surface area contributed by atoms with E-state index in [0.717, 1.165) is 5.56 Å². The highest BCUT2D eigenvalue weighted by atomic mass is 32.2. The molecule has 0 fully saturated rings. The van der Waals surface area contributed by atoms with Crippen molar-refractivity contribution in [1.82, 2.24) is 0 Å². The molecule has 1 aromatic carbocycles. The first-order valence-corrected chi connectivity index (χ1v) is 5.21. The van der Waals surface area contributed by atoms with Crippen molar-refractivity contribution in [3.8, 4) is 0 Å². The lowest BCUT2D eigenvalue weighted by molar-refractivity contribution is 0.211. The largest absolute Gasteiger partial charge is 0.302 e. The Hall–Kier alpha value is -0.970. The summed E-state index contributed by atoms with van der Waals surface area (Å²) >= 11 is -2.25. The third-order valence-corrected chi connectivity index (χ3v) is 2.15. The van der Waals surface area contributed by atoms with Gasteiger partial charge >= 0.3 is 11.4 Å². The Morgan fingerprint density at radius 1 is 1.50 bits per heavy atom. The molecule has 76 valence electrons. The van der Waals surface area contributed by atoms with Gasteiger partial charge in [-0.3, -0.25) is 8.74 Å². The van der Waals surface area contributed by atoms with Crippen molar-refractivity contribution in [1.29, 1.82) is 0 Å². The van der Waals surface area contributed by atoms with Gasteiger partial charge in [-0.2, -0.15) is 4.21 Å². The molecule has 2 atom stereocenters. The normalized spacial score (nSPS) is 14.6. The molecule has 2 unspecified atom stereocenters. The van der Waals surface area contributed by atoms with Gasteiger partial charge in [-0.05, 0) is 12.0 Å². The molecule has 0 saturated carbocycles. The van der Waals surface area contributed by atoms with Crippen molar-refractivity contribution in [2.45, 2.75) is 12.5 Å². The van der Waals surface area contributed by atoms with Crippen LogP contribution in [-0.4, -0.2) is 8.76 Å². The van der Waals surface area contributed by atoms with E-state index in [1.807, 2.05) is 30.3 Å². The molecule has 0 saturated heterocycles. The standard InChI is InChI=1S/C10H12O3S/c1-2-6-10(13-14(11)12)9-7-4-3-5-8-9/h2-5,7-8,10H,1,6H2,(H,11,12). The van der Waals surface area contributed by atoms with Gasteiger partial charge in [-0.1, -0.05) is 36.4 Å². The van der Waals surface area contributed by atoms with Crippen LogP contribution in [0.3, 0.4) is 0 Å². The van der Waals surface area contributed by atoms with Crippen LogP contribution in [0.15, 0.2) is 43.0 Å². The van der Waals surface area contributed by atoms with Crippen LogP contribution in [-0.2, 0) is 15.5 Å². The Kier molecular flexibility index (Phi) is 4.52. The van der Waals surface area contributed by atoms with Gasteiger partial charge < -0.3 is 0 Å². The predicted molar refractivity (Wildman–Crippen MR) is 55.9 cm³/mol.